The Kier molecular flexibility index (Phi) is 4.80. The first kappa shape index (κ1) is 14.4. The van der Waals surface area contributed by atoms with Gasteiger partial charge in [-0.1, -0.05) is 49.1 Å². The average Bonchev–Trinajstić information content (AvgIpc) is 2.53. The number of aliphatic imine (C=N–C) groups is 1. The molecule has 2 rings (SSSR count). The second-order valence-corrected chi connectivity index (χ2v) is 4.15. The van der Waals surface area contributed by atoms with Crippen LogP contribution in [0.25, 0.3) is 11.1 Å². The highest BCUT2D eigenvalue weighted by atomic mass is 16.5. The van der Waals surface area contributed by atoms with Crippen molar-refractivity contribution in [3.63, 3.8) is 0 Å². The van der Waals surface area contributed by atoms with Gasteiger partial charge < -0.3 is 4.74 Å². The van der Waals surface area contributed by atoms with E-state index >= 15 is 0 Å². The fraction of sp³-hybridized carbons (Fsp3) is 0.0588. The lowest BCUT2D eigenvalue weighted by Crippen LogP contribution is -2.06. The van der Waals surface area contributed by atoms with Crippen LogP contribution in [0.3, 0.4) is 0 Å². The topological polar surface area (TPSA) is 55.7 Å². The van der Waals surface area contributed by atoms with Crippen molar-refractivity contribution in [3.8, 4) is 11.1 Å². The molecule has 0 spiro atoms. The highest BCUT2D eigenvalue weighted by molar-refractivity contribution is 5.99. The van der Waals surface area contributed by atoms with Gasteiger partial charge in [-0.2, -0.15) is 4.99 Å². The van der Waals surface area contributed by atoms with Gasteiger partial charge in [-0.05, 0) is 17.7 Å². The van der Waals surface area contributed by atoms with E-state index in [9.17, 15) is 9.59 Å². The minimum absolute atomic E-state index is 0.140. The standard InChI is InChI=1S/C17H13NO3/c1-2-11-21-17(20)15-9-4-3-7-13(15)14-8-5-6-10-16(14)18-12-19/h2-10H,1,11H2. The molecule has 104 valence electrons. The van der Waals surface area contributed by atoms with Crippen molar-refractivity contribution in [1.29, 1.82) is 0 Å². The number of nitrogens with zero attached hydrogens (tertiary/aromatic N) is 1. The second-order valence-electron chi connectivity index (χ2n) is 4.15. The smallest absolute Gasteiger partial charge is 0.339 e. The van der Waals surface area contributed by atoms with Crippen LogP contribution >= 0.6 is 0 Å². The van der Waals surface area contributed by atoms with Gasteiger partial charge >= 0.3 is 5.97 Å². The van der Waals surface area contributed by atoms with Crippen molar-refractivity contribution in [1.82, 2.24) is 0 Å². The van der Waals surface area contributed by atoms with E-state index in [1.165, 1.54) is 12.2 Å². The molecule has 4 heteroatoms. The van der Waals surface area contributed by atoms with Crippen molar-refractivity contribution >= 4 is 17.7 Å². The summed E-state index contributed by atoms with van der Waals surface area (Å²) in [4.78, 5) is 26.3. The van der Waals surface area contributed by atoms with Crippen LogP contribution in [0.1, 0.15) is 10.4 Å². The number of ether oxygens (including phenoxy) is 1. The molecule has 0 N–H and O–H groups in total. The van der Waals surface area contributed by atoms with Crippen molar-refractivity contribution in [2.45, 2.75) is 0 Å². The summed E-state index contributed by atoms with van der Waals surface area (Å²) in [6.07, 6.45) is 3.03. The Bertz CT molecular complexity index is 715. The van der Waals surface area contributed by atoms with Gasteiger partial charge in [-0.15, -0.1) is 0 Å². The van der Waals surface area contributed by atoms with Crippen LogP contribution < -0.4 is 0 Å². The highest BCUT2D eigenvalue weighted by Gasteiger charge is 2.15. The Hall–Kier alpha value is -2.97. The van der Waals surface area contributed by atoms with Crippen LogP contribution in [0, 0.1) is 0 Å². The van der Waals surface area contributed by atoms with E-state index in [-0.39, 0.29) is 6.61 Å². The Morgan fingerprint density at radius 3 is 2.52 bits per heavy atom. The maximum Gasteiger partial charge on any atom is 0.339 e. The molecule has 0 heterocycles. The molecule has 2 aromatic rings. The van der Waals surface area contributed by atoms with Crippen LogP contribution in [0.4, 0.5) is 5.69 Å². The van der Waals surface area contributed by atoms with E-state index in [0.29, 0.717) is 22.4 Å². The average molecular weight is 279 g/mol. The van der Waals surface area contributed by atoms with E-state index in [2.05, 4.69) is 11.6 Å². The molecule has 0 radical (unpaired) electrons. The van der Waals surface area contributed by atoms with E-state index in [4.69, 9.17) is 4.74 Å². The quantitative estimate of drug-likeness (QED) is 0.363. The first-order chi connectivity index (χ1) is 10.3. The Labute approximate surface area is 122 Å². The zero-order valence-electron chi connectivity index (χ0n) is 11.3. The molecule has 0 saturated heterocycles. The van der Waals surface area contributed by atoms with Gasteiger partial charge in [0.1, 0.15) is 6.61 Å². The van der Waals surface area contributed by atoms with Crippen LogP contribution in [0.5, 0.6) is 0 Å². The normalized spacial score (nSPS) is 9.52. The van der Waals surface area contributed by atoms with E-state index < -0.39 is 5.97 Å². The third-order valence-electron chi connectivity index (χ3n) is 2.84. The van der Waals surface area contributed by atoms with Crippen LogP contribution in [-0.2, 0) is 9.53 Å². The fourth-order valence-electron chi connectivity index (χ4n) is 1.96. The maximum absolute atomic E-state index is 12.1. The molecule has 0 unspecified atom stereocenters. The molecule has 0 aliphatic heterocycles. The minimum Gasteiger partial charge on any atom is -0.458 e. The maximum atomic E-state index is 12.1. The third kappa shape index (κ3) is 3.32. The summed E-state index contributed by atoms with van der Waals surface area (Å²) in [6, 6.07) is 14.1. The largest absolute Gasteiger partial charge is 0.458 e. The summed E-state index contributed by atoms with van der Waals surface area (Å²) in [7, 11) is 0. The van der Waals surface area contributed by atoms with Crippen molar-refractivity contribution in [3.05, 3.63) is 66.7 Å². The van der Waals surface area contributed by atoms with E-state index in [1.54, 1.807) is 42.5 Å². The fourth-order valence-corrected chi connectivity index (χ4v) is 1.96. The summed E-state index contributed by atoms with van der Waals surface area (Å²) in [6.45, 7) is 3.65. The van der Waals surface area contributed by atoms with Gasteiger partial charge in [0.2, 0.25) is 6.08 Å². The molecule has 0 atom stereocenters. The summed E-state index contributed by atoms with van der Waals surface area (Å²) in [5.74, 6) is -0.449. The van der Waals surface area contributed by atoms with Crippen molar-refractivity contribution in [2.75, 3.05) is 6.61 Å². The summed E-state index contributed by atoms with van der Waals surface area (Å²) < 4.78 is 5.07. The molecule has 0 amide bonds. The number of isocyanates is 1. The summed E-state index contributed by atoms with van der Waals surface area (Å²) in [5.41, 5.74) is 2.19. The van der Waals surface area contributed by atoms with Crippen molar-refractivity contribution < 1.29 is 14.3 Å². The zero-order valence-corrected chi connectivity index (χ0v) is 11.3. The van der Waals surface area contributed by atoms with Crippen LogP contribution in [0.15, 0.2) is 66.2 Å². The molecule has 0 aromatic heterocycles. The number of para-hydroxylation sites is 1. The zero-order chi connectivity index (χ0) is 15.1. The number of esters is 1. The molecule has 2 aromatic carbocycles. The van der Waals surface area contributed by atoms with E-state index in [1.807, 2.05) is 6.07 Å². The SMILES string of the molecule is C=CCOC(=O)c1ccccc1-c1ccccc1N=C=O. The lowest BCUT2D eigenvalue weighted by Gasteiger charge is -2.10. The van der Waals surface area contributed by atoms with Crippen LogP contribution in [-0.4, -0.2) is 18.7 Å². The number of hydrogen-bond acceptors (Lipinski definition) is 4. The molecule has 0 fully saturated rings. The van der Waals surface area contributed by atoms with Gasteiger partial charge in [-0.25, -0.2) is 9.59 Å². The lowest BCUT2D eigenvalue weighted by atomic mass is 9.98. The Morgan fingerprint density at radius 2 is 1.81 bits per heavy atom. The molecule has 0 aliphatic carbocycles. The predicted molar refractivity (Wildman–Crippen MR) is 80.1 cm³/mol. The molecule has 21 heavy (non-hydrogen) atoms. The molecular formula is C17H13NO3. The van der Waals surface area contributed by atoms with Gasteiger partial charge in [0.15, 0.2) is 0 Å². The molecular weight excluding hydrogens is 266 g/mol. The van der Waals surface area contributed by atoms with E-state index in [0.717, 1.165) is 0 Å². The summed E-state index contributed by atoms with van der Waals surface area (Å²) in [5, 5.41) is 0. The number of carbonyl (C=O) groups is 1. The van der Waals surface area contributed by atoms with Gasteiger partial charge in [0, 0.05) is 5.56 Å². The molecule has 4 nitrogen and oxygen atoms in total. The van der Waals surface area contributed by atoms with Crippen molar-refractivity contribution in [2.24, 2.45) is 4.99 Å². The van der Waals surface area contributed by atoms with Crippen LogP contribution in [0.2, 0.25) is 0 Å². The van der Waals surface area contributed by atoms with Gasteiger partial charge in [0.05, 0.1) is 11.3 Å². The number of hydrogen-bond donors (Lipinski definition) is 0. The van der Waals surface area contributed by atoms with Gasteiger partial charge in [-0.3, -0.25) is 0 Å². The minimum atomic E-state index is -0.449. The number of rotatable bonds is 5. The lowest BCUT2D eigenvalue weighted by molar-refractivity contribution is 0.0550. The molecule has 0 saturated carbocycles. The number of benzene rings is 2. The Balaban J connectivity index is 2.52. The first-order valence-electron chi connectivity index (χ1n) is 6.32. The second kappa shape index (κ2) is 6.98. The van der Waals surface area contributed by atoms with Gasteiger partial charge in [0.25, 0.3) is 0 Å². The third-order valence-corrected chi connectivity index (χ3v) is 2.84. The first-order valence-corrected chi connectivity index (χ1v) is 6.32. The Morgan fingerprint density at radius 1 is 1.14 bits per heavy atom. The number of carbonyl (C=O) groups excluding carboxylic acids is 2. The predicted octanol–water partition coefficient (Wildman–Crippen LogP) is 3.66. The highest BCUT2D eigenvalue weighted by Crippen LogP contribution is 2.32. The molecule has 0 bridgehead atoms. The monoisotopic (exact) mass is 279 g/mol. The summed E-state index contributed by atoms with van der Waals surface area (Å²) >= 11 is 0. The molecule has 0 aliphatic rings.